The molecule has 5 nitrogen and oxygen atoms in total. The van der Waals surface area contributed by atoms with Gasteiger partial charge in [-0.2, -0.15) is 13.2 Å². The second-order valence-electron chi connectivity index (χ2n) is 5.77. The first-order valence-corrected chi connectivity index (χ1v) is 8.18. The third-order valence-corrected chi connectivity index (χ3v) is 4.33. The van der Waals surface area contributed by atoms with E-state index < -0.39 is 29.5 Å². The van der Waals surface area contributed by atoms with Gasteiger partial charge in [-0.25, -0.2) is 0 Å². The van der Waals surface area contributed by atoms with Crippen LogP contribution in [-0.4, -0.2) is 29.2 Å². The lowest BCUT2D eigenvalue weighted by Gasteiger charge is -2.15. The van der Waals surface area contributed by atoms with Gasteiger partial charge in [0, 0.05) is 13.0 Å². The number of imide groups is 1. The third kappa shape index (κ3) is 3.66. The molecular formula is C18H12ClF3N2O3. The van der Waals surface area contributed by atoms with Crippen LogP contribution in [0, 0.1) is 0 Å². The molecule has 2 aromatic carbocycles. The van der Waals surface area contributed by atoms with Gasteiger partial charge in [0.2, 0.25) is 5.91 Å². The Morgan fingerprint density at radius 3 is 2.41 bits per heavy atom. The van der Waals surface area contributed by atoms with Crippen molar-refractivity contribution >= 4 is 35.0 Å². The summed E-state index contributed by atoms with van der Waals surface area (Å²) in [5, 5.41) is 2.29. The maximum atomic E-state index is 13.0. The minimum atomic E-state index is -4.62. The van der Waals surface area contributed by atoms with Crippen molar-refractivity contribution in [3.8, 4) is 0 Å². The van der Waals surface area contributed by atoms with E-state index in [0.29, 0.717) is 0 Å². The van der Waals surface area contributed by atoms with Gasteiger partial charge in [-0.15, -0.1) is 0 Å². The van der Waals surface area contributed by atoms with E-state index >= 15 is 0 Å². The summed E-state index contributed by atoms with van der Waals surface area (Å²) in [6.07, 6.45) is -4.97. The first-order valence-electron chi connectivity index (χ1n) is 7.81. The van der Waals surface area contributed by atoms with E-state index in [1.165, 1.54) is 30.3 Å². The second-order valence-corrected chi connectivity index (χ2v) is 6.17. The molecule has 0 fully saturated rings. The highest BCUT2D eigenvalue weighted by atomic mass is 35.5. The molecule has 2 aromatic rings. The molecular weight excluding hydrogens is 385 g/mol. The Morgan fingerprint density at radius 1 is 1.04 bits per heavy atom. The number of carbonyl (C=O) groups is 3. The fraction of sp³-hybridized carbons (Fsp3) is 0.167. The van der Waals surface area contributed by atoms with E-state index in [2.05, 4.69) is 5.32 Å². The molecule has 0 saturated heterocycles. The molecule has 1 aliphatic rings. The smallest absolute Gasteiger partial charge is 0.325 e. The van der Waals surface area contributed by atoms with Gasteiger partial charge in [-0.05, 0) is 24.3 Å². The maximum absolute atomic E-state index is 13.0. The minimum absolute atomic E-state index is 0.0620. The van der Waals surface area contributed by atoms with Crippen molar-refractivity contribution in [2.75, 3.05) is 11.9 Å². The number of carbonyl (C=O) groups excluding carboxylic acids is 3. The van der Waals surface area contributed by atoms with Gasteiger partial charge in [0.05, 0.1) is 27.4 Å². The second kappa shape index (κ2) is 7.03. The molecule has 27 heavy (non-hydrogen) atoms. The number of para-hydroxylation sites is 1. The molecule has 3 rings (SSSR count). The Morgan fingerprint density at radius 2 is 1.74 bits per heavy atom. The van der Waals surface area contributed by atoms with Gasteiger partial charge < -0.3 is 5.32 Å². The van der Waals surface area contributed by atoms with Crippen molar-refractivity contribution in [2.45, 2.75) is 12.6 Å². The van der Waals surface area contributed by atoms with Crippen molar-refractivity contribution in [1.29, 1.82) is 0 Å². The Balaban J connectivity index is 1.69. The Labute approximate surface area is 156 Å². The number of benzene rings is 2. The van der Waals surface area contributed by atoms with Gasteiger partial charge in [0.15, 0.2) is 0 Å². The van der Waals surface area contributed by atoms with E-state index in [0.717, 1.165) is 17.0 Å². The van der Waals surface area contributed by atoms with Crippen molar-refractivity contribution in [1.82, 2.24) is 4.90 Å². The highest BCUT2D eigenvalue weighted by Crippen LogP contribution is 2.34. The lowest BCUT2D eigenvalue weighted by Crippen LogP contribution is -2.33. The first-order chi connectivity index (χ1) is 12.7. The highest BCUT2D eigenvalue weighted by molar-refractivity contribution is 6.37. The van der Waals surface area contributed by atoms with Crippen molar-refractivity contribution in [3.63, 3.8) is 0 Å². The van der Waals surface area contributed by atoms with E-state index in [-0.39, 0.29) is 34.8 Å². The summed E-state index contributed by atoms with van der Waals surface area (Å²) < 4.78 is 38.9. The van der Waals surface area contributed by atoms with Crippen LogP contribution in [0.1, 0.15) is 32.7 Å². The number of amides is 3. The molecule has 3 amide bonds. The maximum Gasteiger partial charge on any atom is 0.418 e. The van der Waals surface area contributed by atoms with Crippen LogP contribution in [0.4, 0.5) is 18.9 Å². The number of hydrogen-bond acceptors (Lipinski definition) is 3. The van der Waals surface area contributed by atoms with Gasteiger partial charge in [0.25, 0.3) is 11.8 Å². The van der Waals surface area contributed by atoms with Crippen LogP contribution in [0.3, 0.4) is 0 Å². The van der Waals surface area contributed by atoms with Crippen LogP contribution in [0.2, 0.25) is 5.02 Å². The monoisotopic (exact) mass is 396 g/mol. The number of halogens is 4. The zero-order valence-electron chi connectivity index (χ0n) is 13.6. The number of fused-ring (bicyclic) bond motifs is 1. The van der Waals surface area contributed by atoms with Crippen molar-refractivity contribution in [3.05, 3.63) is 64.2 Å². The van der Waals surface area contributed by atoms with Crippen LogP contribution >= 0.6 is 11.6 Å². The van der Waals surface area contributed by atoms with E-state index in [9.17, 15) is 27.6 Å². The minimum Gasteiger partial charge on any atom is -0.325 e. The average Bonchev–Trinajstić information content (AvgIpc) is 2.84. The molecule has 1 aliphatic heterocycles. The van der Waals surface area contributed by atoms with Crippen LogP contribution in [0.5, 0.6) is 0 Å². The summed E-state index contributed by atoms with van der Waals surface area (Å²) in [7, 11) is 0. The number of nitrogens with one attached hydrogen (secondary N) is 1. The standard InChI is InChI=1S/C18H12ClF3N2O3/c19-12-6-3-4-10-15(12)17(27)24(16(10)26)9-8-14(25)23-13-7-2-1-5-11(13)18(20,21)22/h1-7H,8-9H2,(H,23,25). The largest absolute Gasteiger partial charge is 0.418 e. The summed E-state index contributed by atoms with van der Waals surface area (Å²) in [6.45, 7) is -0.275. The quantitative estimate of drug-likeness (QED) is 0.795. The normalized spacial score (nSPS) is 13.7. The summed E-state index contributed by atoms with van der Waals surface area (Å²) >= 11 is 5.94. The number of alkyl halides is 3. The van der Waals surface area contributed by atoms with Gasteiger partial charge in [0.1, 0.15) is 0 Å². The van der Waals surface area contributed by atoms with Crippen LogP contribution in [-0.2, 0) is 11.0 Å². The summed E-state index contributed by atoms with van der Waals surface area (Å²) in [4.78, 5) is 37.5. The molecule has 0 atom stereocenters. The van der Waals surface area contributed by atoms with E-state index in [4.69, 9.17) is 11.6 Å². The van der Waals surface area contributed by atoms with E-state index in [1.807, 2.05) is 0 Å². The number of rotatable bonds is 4. The fourth-order valence-electron chi connectivity index (χ4n) is 2.76. The number of anilines is 1. The topological polar surface area (TPSA) is 66.5 Å². The van der Waals surface area contributed by atoms with Gasteiger partial charge >= 0.3 is 6.18 Å². The molecule has 0 saturated carbocycles. The zero-order chi connectivity index (χ0) is 19.8. The van der Waals surface area contributed by atoms with Crippen LogP contribution in [0.15, 0.2) is 42.5 Å². The Kier molecular flexibility index (Phi) is 4.93. The average molecular weight is 397 g/mol. The molecule has 0 aromatic heterocycles. The molecule has 0 spiro atoms. The summed E-state index contributed by atoms with van der Waals surface area (Å²) in [5.41, 5.74) is -1.17. The molecule has 140 valence electrons. The molecule has 9 heteroatoms. The third-order valence-electron chi connectivity index (χ3n) is 4.02. The van der Waals surface area contributed by atoms with Crippen LogP contribution < -0.4 is 5.32 Å². The van der Waals surface area contributed by atoms with E-state index in [1.54, 1.807) is 0 Å². The molecule has 1 heterocycles. The molecule has 0 aliphatic carbocycles. The summed E-state index contributed by atoms with van der Waals surface area (Å²) in [5.74, 6) is -1.99. The fourth-order valence-corrected chi connectivity index (χ4v) is 3.02. The lowest BCUT2D eigenvalue weighted by molar-refractivity contribution is -0.137. The lowest BCUT2D eigenvalue weighted by atomic mass is 10.1. The summed E-state index contributed by atoms with van der Waals surface area (Å²) in [6, 6.07) is 8.98. The zero-order valence-corrected chi connectivity index (χ0v) is 14.4. The molecule has 0 unspecified atom stereocenters. The highest BCUT2D eigenvalue weighted by Gasteiger charge is 2.37. The van der Waals surface area contributed by atoms with Gasteiger partial charge in [-0.1, -0.05) is 29.8 Å². The van der Waals surface area contributed by atoms with Crippen molar-refractivity contribution in [2.24, 2.45) is 0 Å². The predicted molar refractivity (Wildman–Crippen MR) is 91.5 cm³/mol. The molecule has 0 radical (unpaired) electrons. The molecule has 0 bridgehead atoms. The van der Waals surface area contributed by atoms with Crippen molar-refractivity contribution < 1.29 is 27.6 Å². The first kappa shape index (κ1) is 18.9. The Hall–Kier alpha value is -2.87. The Bertz CT molecular complexity index is 944. The number of hydrogen-bond donors (Lipinski definition) is 1. The SMILES string of the molecule is O=C(CCN1C(=O)c2cccc(Cl)c2C1=O)Nc1ccccc1C(F)(F)F. The van der Waals surface area contributed by atoms with Gasteiger partial charge in [-0.3, -0.25) is 19.3 Å². The molecule has 1 N–H and O–H groups in total. The van der Waals surface area contributed by atoms with Crippen LogP contribution in [0.25, 0.3) is 0 Å². The number of nitrogens with zero attached hydrogens (tertiary/aromatic N) is 1. The predicted octanol–water partition coefficient (Wildman–Crippen LogP) is 3.98.